The van der Waals surface area contributed by atoms with Crippen molar-refractivity contribution in [3.05, 3.63) is 51.9 Å². The predicted molar refractivity (Wildman–Crippen MR) is 72.0 cm³/mol. The van der Waals surface area contributed by atoms with Crippen molar-refractivity contribution in [2.75, 3.05) is 0 Å². The van der Waals surface area contributed by atoms with Gasteiger partial charge in [0, 0.05) is 0 Å². The van der Waals surface area contributed by atoms with Crippen LogP contribution in [0.5, 0.6) is 0 Å². The molecular weight excluding hydrogens is 204 g/mol. The third-order valence-electron chi connectivity index (χ3n) is 4.43. The summed E-state index contributed by atoms with van der Waals surface area (Å²) in [5.74, 6) is 1.71. The number of hydrogen-bond donors (Lipinski definition) is 0. The quantitative estimate of drug-likeness (QED) is 0.635. The van der Waals surface area contributed by atoms with Crippen molar-refractivity contribution in [3.8, 4) is 0 Å². The lowest BCUT2D eigenvalue weighted by molar-refractivity contribution is 1.09. The molecule has 0 spiro atoms. The molecule has 3 aliphatic carbocycles. The molecule has 0 heterocycles. The molecule has 0 radical (unpaired) electrons. The topological polar surface area (TPSA) is 0 Å². The standard InChI is InChI=1S/C17H12/c1-2-10-4-12-6-14-7-15-9-17(15)16(14)8-13(12)5-11(10)3-1/h1-8,15,17H,9H2. The maximum Gasteiger partial charge on any atom is -0.00866 e. The smallest absolute Gasteiger partial charge is 0.00866 e. The first-order valence-corrected chi connectivity index (χ1v) is 6.36. The highest BCUT2D eigenvalue weighted by Gasteiger charge is 2.40. The molecule has 17 heavy (non-hydrogen) atoms. The Labute approximate surface area is 99.6 Å². The summed E-state index contributed by atoms with van der Waals surface area (Å²) >= 11 is 0. The van der Waals surface area contributed by atoms with Crippen LogP contribution in [0.15, 0.2) is 30.3 Å². The van der Waals surface area contributed by atoms with Crippen LogP contribution >= 0.6 is 0 Å². The number of allylic oxidation sites excluding steroid dienone is 1. The summed E-state index contributed by atoms with van der Waals surface area (Å²) in [6.45, 7) is 0. The van der Waals surface area contributed by atoms with Gasteiger partial charge in [0.1, 0.15) is 0 Å². The van der Waals surface area contributed by atoms with Crippen molar-refractivity contribution in [2.45, 2.75) is 12.3 Å². The van der Waals surface area contributed by atoms with Crippen molar-refractivity contribution in [1.29, 1.82) is 0 Å². The largest absolute Gasteiger partial charge is 0.0732 e. The molecule has 0 N–H and O–H groups in total. The van der Waals surface area contributed by atoms with Gasteiger partial charge in [-0.05, 0) is 68.8 Å². The van der Waals surface area contributed by atoms with Crippen molar-refractivity contribution in [3.63, 3.8) is 0 Å². The highest BCUT2D eigenvalue weighted by Crippen LogP contribution is 2.50. The van der Waals surface area contributed by atoms with Crippen LogP contribution in [0.2, 0.25) is 0 Å². The van der Waals surface area contributed by atoms with E-state index in [1.807, 2.05) is 0 Å². The van der Waals surface area contributed by atoms with Gasteiger partial charge in [0.25, 0.3) is 0 Å². The molecule has 3 aliphatic rings. The van der Waals surface area contributed by atoms with Gasteiger partial charge in [-0.25, -0.2) is 0 Å². The third-order valence-corrected chi connectivity index (χ3v) is 4.43. The van der Waals surface area contributed by atoms with E-state index in [2.05, 4.69) is 48.6 Å². The highest BCUT2D eigenvalue weighted by atomic mass is 14.4. The summed E-state index contributed by atoms with van der Waals surface area (Å²) in [5, 5.41) is 5.65. The van der Waals surface area contributed by atoms with Crippen LogP contribution in [0.25, 0.3) is 29.0 Å². The van der Waals surface area contributed by atoms with Crippen molar-refractivity contribution in [2.24, 2.45) is 5.92 Å². The Hall–Kier alpha value is -1.82. The zero-order valence-electron chi connectivity index (χ0n) is 9.48. The van der Waals surface area contributed by atoms with Gasteiger partial charge in [-0.1, -0.05) is 30.4 Å². The Morgan fingerprint density at radius 2 is 1.82 bits per heavy atom. The molecule has 80 valence electrons. The lowest BCUT2D eigenvalue weighted by Gasteiger charge is -2.04. The average molecular weight is 216 g/mol. The number of hydrogen-bond acceptors (Lipinski definition) is 0. The first-order valence-electron chi connectivity index (χ1n) is 6.36. The van der Waals surface area contributed by atoms with Gasteiger partial charge < -0.3 is 0 Å². The van der Waals surface area contributed by atoms with Crippen LogP contribution in [0, 0.1) is 5.92 Å². The van der Waals surface area contributed by atoms with E-state index < -0.39 is 0 Å². The van der Waals surface area contributed by atoms with E-state index in [0.29, 0.717) is 0 Å². The first-order chi connectivity index (χ1) is 8.38. The molecule has 0 aliphatic heterocycles. The molecule has 0 nitrogen and oxygen atoms in total. The van der Waals surface area contributed by atoms with Gasteiger partial charge in [-0.2, -0.15) is 0 Å². The van der Waals surface area contributed by atoms with Crippen LogP contribution < -0.4 is 10.4 Å². The molecule has 0 heteroatoms. The van der Waals surface area contributed by atoms with Gasteiger partial charge in [0.15, 0.2) is 0 Å². The molecule has 2 aromatic carbocycles. The number of fused-ring (bicyclic) bond motifs is 5. The van der Waals surface area contributed by atoms with Crippen molar-refractivity contribution in [1.82, 2.24) is 0 Å². The lowest BCUT2D eigenvalue weighted by atomic mass is 10.0. The fourth-order valence-electron chi connectivity index (χ4n) is 3.42. The zero-order valence-corrected chi connectivity index (χ0v) is 9.48. The van der Waals surface area contributed by atoms with E-state index in [-0.39, 0.29) is 0 Å². The Morgan fingerprint density at radius 1 is 0.941 bits per heavy atom. The number of rotatable bonds is 0. The number of benzene rings is 2. The minimum absolute atomic E-state index is 0.852. The van der Waals surface area contributed by atoms with Crippen LogP contribution in [0.1, 0.15) is 23.5 Å². The van der Waals surface area contributed by atoms with E-state index in [9.17, 15) is 0 Å². The van der Waals surface area contributed by atoms with Gasteiger partial charge in [-0.15, -0.1) is 0 Å². The average Bonchev–Trinajstić information content (AvgIpc) is 2.80. The van der Waals surface area contributed by atoms with Crippen LogP contribution in [-0.2, 0) is 0 Å². The molecule has 0 amide bonds. The SMILES string of the molecule is C1=Cc2cc3cc4c(cc3cc2=C1)C1CC1C=4. The van der Waals surface area contributed by atoms with E-state index in [1.165, 1.54) is 33.2 Å². The Morgan fingerprint density at radius 3 is 2.82 bits per heavy atom. The summed E-state index contributed by atoms with van der Waals surface area (Å²) in [6, 6.07) is 9.46. The monoisotopic (exact) mass is 216 g/mol. The zero-order chi connectivity index (χ0) is 11.0. The van der Waals surface area contributed by atoms with Gasteiger partial charge >= 0.3 is 0 Å². The van der Waals surface area contributed by atoms with Crippen LogP contribution in [0.4, 0.5) is 0 Å². The first kappa shape index (κ1) is 8.30. The normalized spacial score (nSPS) is 26.1. The Bertz CT molecular complexity index is 821. The summed E-state index contributed by atoms with van der Waals surface area (Å²) < 4.78 is 0. The van der Waals surface area contributed by atoms with E-state index in [0.717, 1.165) is 11.8 Å². The molecule has 2 aromatic rings. The second-order valence-corrected chi connectivity index (χ2v) is 5.51. The van der Waals surface area contributed by atoms with E-state index in [4.69, 9.17) is 0 Å². The van der Waals surface area contributed by atoms with E-state index in [1.54, 1.807) is 5.56 Å². The van der Waals surface area contributed by atoms with Gasteiger partial charge in [0.2, 0.25) is 0 Å². The molecule has 1 saturated carbocycles. The summed E-state index contributed by atoms with van der Waals surface area (Å²) in [7, 11) is 0. The maximum absolute atomic E-state index is 2.47. The molecule has 2 unspecified atom stereocenters. The third kappa shape index (κ3) is 0.986. The molecule has 0 aromatic heterocycles. The maximum atomic E-state index is 2.47. The predicted octanol–water partition coefficient (Wildman–Crippen LogP) is 2.54. The second kappa shape index (κ2) is 2.53. The molecular formula is C17H12. The van der Waals surface area contributed by atoms with Crippen molar-refractivity contribution >= 4 is 29.0 Å². The fraction of sp³-hybridized carbons (Fsp3) is 0.176. The molecule has 0 bridgehead atoms. The summed E-state index contributed by atoms with van der Waals surface area (Å²) in [5.41, 5.74) is 2.95. The summed E-state index contributed by atoms with van der Waals surface area (Å²) in [4.78, 5) is 0. The Balaban J connectivity index is 1.94. The Kier molecular flexibility index (Phi) is 1.24. The second-order valence-electron chi connectivity index (χ2n) is 5.51. The van der Waals surface area contributed by atoms with Gasteiger partial charge in [-0.3, -0.25) is 0 Å². The minimum atomic E-state index is 0.852. The fourth-order valence-corrected chi connectivity index (χ4v) is 3.42. The van der Waals surface area contributed by atoms with Crippen LogP contribution in [0.3, 0.4) is 0 Å². The van der Waals surface area contributed by atoms with E-state index >= 15 is 0 Å². The molecule has 5 rings (SSSR count). The van der Waals surface area contributed by atoms with Gasteiger partial charge in [0.05, 0.1) is 0 Å². The molecule has 1 fully saturated rings. The van der Waals surface area contributed by atoms with Crippen LogP contribution in [-0.4, -0.2) is 0 Å². The highest BCUT2D eigenvalue weighted by molar-refractivity contribution is 5.88. The van der Waals surface area contributed by atoms with Crippen molar-refractivity contribution < 1.29 is 0 Å². The molecule has 2 atom stereocenters. The summed E-state index contributed by atoms with van der Waals surface area (Å²) in [6.07, 6.45) is 10.4. The molecule has 0 saturated heterocycles. The lowest BCUT2D eigenvalue weighted by Crippen LogP contribution is -2.07. The minimum Gasteiger partial charge on any atom is -0.0732 e.